The first kappa shape index (κ1) is 15.2. The molecule has 0 unspecified atom stereocenters. The molecular weight excluding hydrogens is 366 g/mol. The number of carbonyl (C=O) groups is 1. The predicted molar refractivity (Wildman–Crippen MR) is 77.4 cm³/mol. The van der Waals surface area contributed by atoms with Crippen molar-refractivity contribution < 1.29 is 15.0 Å². The third kappa shape index (κ3) is 3.81. The number of halogens is 2. The molecule has 0 aliphatic heterocycles. The normalized spacial score (nSPS) is 13.2. The molecule has 18 heavy (non-hydrogen) atoms. The zero-order valence-corrected chi connectivity index (χ0v) is 13.1. The van der Waals surface area contributed by atoms with Crippen molar-refractivity contribution >= 4 is 44.0 Å². The molecule has 0 aromatic heterocycles. The average molecular weight is 379 g/mol. The van der Waals surface area contributed by atoms with Crippen LogP contribution in [0.2, 0.25) is 0 Å². The molecule has 6 heteroatoms. The van der Waals surface area contributed by atoms with Gasteiger partial charge in [0.15, 0.2) is 0 Å². The number of aliphatic carboxylic acids is 1. The Morgan fingerprint density at radius 3 is 2.50 bits per heavy atom. The zero-order valence-electron chi connectivity index (χ0n) is 9.89. The van der Waals surface area contributed by atoms with Gasteiger partial charge in [-0.25, -0.2) is 4.79 Å². The number of hydrogen-bond donors (Lipinski definition) is 2. The van der Waals surface area contributed by atoms with E-state index in [0.717, 1.165) is 4.47 Å². The van der Waals surface area contributed by atoms with E-state index in [1.807, 2.05) is 0 Å². The molecule has 98 valence electrons. The molecule has 0 aliphatic rings. The van der Waals surface area contributed by atoms with Crippen molar-refractivity contribution in [3.8, 4) is 5.75 Å². The van der Waals surface area contributed by atoms with Crippen molar-refractivity contribution in [2.75, 3.05) is 0 Å². The Bertz CT molecular complexity index is 486. The number of carboxylic acids is 1. The largest absolute Gasteiger partial charge is 0.506 e. The number of aromatic hydroxyl groups is 1. The van der Waals surface area contributed by atoms with E-state index in [2.05, 4.69) is 36.9 Å². The van der Waals surface area contributed by atoms with E-state index >= 15 is 0 Å². The third-order valence-corrected chi connectivity index (χ3v) is 3.38. The molecule has 0 aliphatic carbocycles. The van der Waals surface area contributed by atoms with Gasteiger partial charge in [-0.3, -0.25) is 4.99 Å². The maximum atomic E-state index is 11.0. The van der Waals surface area contributed by atoms with Crippen molar-refractivity contribution in [3.63, 3.8) is 0 Å². The maximum Gasteiger partial charge on any atom is 0.328 e. The summed E-state index contributed by atoms with van der Waals surface area (Å²) in [5.41, 5.74) is 0.461. The topological polar surface area (TPSA) is 69.9 Å². The summed E-state index contributed by atoms with van der Waals surface area (Å²) >= 11 is 6.50. The first-order chi connectivity index (χ1) is 8.32. The lowest BCUT2D eigenvalue weighted by molar-refractivity contribution is -0.139. The molecule has 1 rings (SSSR count). The number of phenols is 1. The van der Waals surface area contributed by atoms with Gasteiger partial charge in [-0.15, -0.1) is 0 Å². The van der Waals surface area contributed by atoms with Crippen LogP contribution in [0, 0.1) is 5.92 Å². The monoisotopic (exact) mass is 377 g/mol. The van der Waals surface area contributed by atoms with E-state index < -0.39 is 12.0 Å². The number of benzene rings is 1. The highest BCUT2D eigenvalue weighted by atomic mass is 79.9. The fourth-order valence-corrected chi connectivity index (χ4v) is 2.62. The van der Waals surface area contributed by atoms with Crippen molar-refractivity contribution in [3.05, 3.63) is 26.6 Å². The Morgan fingerprint density at radius 1 is 1.39 bits per heavy atom. The van der Waals surface area contributed by atoms with Crippen LogP contribution in [-0.2, 0) is 4.79 Å². The molecule has 1 atom stereocenters. The molecule has 0 radical (unpaired) electrons. The molecular formula is C12H13Br2NO3. The van der Waals surface area contributed by atoms with Gasteiger partial charge >= 0.3 is 5.97 Å². The second-order valence-corrected chi connectivity index (χ2v) is 5.90. The molecule has 0 bridgehead atoms. The molecule has 0 amide bonds. The summed E-state index contributed by atoms with van der Waals surface area (Å²) in [7, 11) is 0. The predicted octanol–water partition coefficient (Wildman–Crippen LogP) is 3.45. The lowest BCUT2D eigenvalue weighted by Gasteiger charge is -2.11. The van der Waals surface area contributed by atoms with E-state index in [1.54, 1.807) is 26.0 Å². The minimum Gasteiger partial charge on any atom is -0.506 e. The minimum absolute atomic E-state index is 0.0369. The summed E-state index contributed by atoms with van der Waals surface area (Å²) in [4.78, 5) is 15.0. The van der Waals surface area contributed by atoms with Crippen LogP contribution < -0.4 is 0 Å². The Balaban J connectivity index is 3.06. The van der Waals surface area contributed by atoms with E-state index in [-0.39, 0.29) is 11.7 Å². The number of nitrogens with zero attached hydrogens (tertiary/aromatic N) is 1. The van der Waals surface area contributed by atoms with Gasteiger partial charge in [0.25, 0.3) is 0 Å². The number of phenolic OH excluding ortho intramolecular Hbond substituents is 1. The summed E-state index contributed by atoms with van der Waals surface area (Å²) in [5, 5.41) is 18.8. The van der Waals surface area contributed by atoms with Gasteiger partial charge in [-0.1, -0.05) is 29.8 Å². The van der Waals surface area contributed by atoms with E-state index in [4.69, 9.17) is 5.11 Å². The zero-order chi connectivity index (χ0) is 13.9. The minimum atomic E-state index is -0.977. The number of carboxylic acid groups (broad SMARTS) is 1. The number of hydrogen-bond acceptors (Lipinski definition) is 3. The van der Waals surface area contributed by atoms with Gasteiger partial charge in [0, 0.05) is 16.3 Å². The van der Waals surface area contributed by atoms with E-state index in [9.17, 15) is 9.90 Å². The smallest absolute Gasteiger partial charge is 0.328 e. The molecule has 2 N–H and O–H groups in total. The summed E-state index contributed by atoms with van der Waals surface area (Å²) in [6, 6.07) is 2.55. The molecule has 0 saturated heterocycles. The van der Waals surface area contributed by atoms with Gasteiger partial charge in [0.2, 0.25) is 0 Å². The van der Waals surface area contributed by atoms with E-state index in [0.29, 0.717) is 10.0 Å². The second-order valence-electron chi connectivity index (χ2n) is 4.13. The van der Waals surface area contributed by atoms with Crippen LogP contribution in [0.25, 0.3) is 0 Å². The van der Waals surface area contributed by atoms with Gasteiger partial charge in [-0.2, -0.15) is 0 Å². The molecule has 1 aromatic rings. The molecule has 0 fully saturated rings. The molecule has 0 spiro atoms. The number of rotatable bonds is 4. The highest BCUT2D eigenvalue weighted by molar-refractivity contribution is 9.11. The van der Waals surface area contributed by atoms with Crippen LogP contribution in [0.4, 0.5) is 0 Å². The van der Waals surface area contributed by atoms with Crippen molar-refractivity contribution in [2.45, 2.75) is 19.9 Å². The summed E-state index contributed by atoms with van der Waals surface area (Å²) in [6.45, 7) is 3.57. The molecule has 0 saturated carbocycles. The molecule has 0 heterocycles. The van der Waals surface area contributed by atoms with Crippen LogP contribution in [-0.4, -0.2) is 28.4 Å². The van der Waals surface area contributed by atoms with Gasteiger partial charge < -0.3 is 10.2 Å². The van der Waals surface area contributed by atoms with Crippen LogP contribution in [0.3, 0.4) is 0 Å². The second kappa shape index (κ2) is 6.33. The summed E-state index contributed by atoms with van der Waals surface area (Å²) in [6.07, 6.45) is 1.38. The third-order valence-electron chi connectivity index (χ3n) is 2.32. The molecule has 4 nitrogen and oxygen atoms in total. The Hall–Kier alpha value is -0.880. The Morgan fingerprint density at radius 2 is 2.00 bits per heavy atom. The van der Waals surface area contributed by atoms with Gasteiger partial charge in [0.05, 0.1) is 4.47 Å². The van der Waals surface area contributed by atoms with Gasteiger partial charge in [-0.05, 0) is 34.0 Å². The Kier molecular flexibility index (Phi) is 5.34. The lowest BCUT2D eigenvalue weighted by atomic mass is 10.1. The first-order valence-corrected chi connectivity index (χ1v) is 6.85. The van der Waals surface area contributed by atoms with E-state index in [1.165, 1.54) is 6.21 Å². The van der Waals surface area contributed by atoms with Crippen molar-refractivity contribution in [1.82, 2.24) is 0 Å². The maximum absolute atomic E-state index is 11.0. The van der Waals surface area contributed by atoms with Crippen LogP contribution in [0.1, 0.15) is 19.4 Å². The fourth-order valence-electron chi connectivity index (χ4n) is 1.37. The SMILES string of the molecule is CC(C)[C@H](/N=C/c1cc(Br)cc(Br)c1O)C(=O)O. The highest BCUT2D eigenvalue weighted by Crippen LogP contribution is 2.30. The number of aliphatic imine (C=N–C) groups is 1. The van der Waals surface area contributed by atoms with Crippen LogP contribution in [0.15, 0.2) is 26.1 Å². The quantitative estimate of drug-likeness (QED) is 0.788. The summed E-state index contributed by atoms with van der Waals surface area (Å²) in [5.74, 6) is -1.05. The van der Waals surface area contributed by atoms with Gasteiger partial charge in [0.1, 0.15) is 11.8 Å². The van der Waals surface area contributed by atoms with Crippen LogP contribution in [0.5, 0.6) is 5.75 Å². The first-order valence-electron chi connectivity index (χ1n) is 5.27. The van der Waals surface area contributed by atoms with Crippen LogP contribution >= 0.6 is 31.9 Å². The summed E-state index contributed by atoms with van der Waals surface area (Å²) < 4.78 is 1.29. The van der Waals surface area contributed by atoms with Crippen molar-refractivity contribution in [1.29, 1.82) is 0 Å². The highest BCUT2D eigenvalue weighted by Gasteiger charge is 2.19. The van der Waals surface area contributed by atoms with Crippen molar-refractivity contribution in [2.24, 2.45) is 10.9 Å². The molecule has 1 aromatic carbocycles. The average Bonchev–Trinajstić information content (AvgIpc) is 2.23. The fraction of sp³-hybridized carbons (Fsp3) is 0.333. The lowest BCUT2D eigenvalue weighted by Crippen LogP contribution is -2.24. The standard InChI is InChI=1S/C12H13Br2NO3/c1-6(2)10(12(17)18)15-5-7-3-8(13)4-9(14)11(7)16/h3-6,10,16H,1-2H3,(H,17,18)/b15-5+/t10-/m0/s1. The Labute approximate surface area is 122 Å².